The van der Waals surface area contributed by atoms with E-state index in [4.69, 9.17) is 9.15 Å². The lowest BCUT2D eigenvalue weighted by atomic mass is 9.63. The highest BCUT2D eigenvalue weighted by Gasteiger charge is 2.44. The monoisotopic (exact) mass is 358 g/mol. The molecule has 0 bridgehead atoms. The lowest BCUT2D eigenvalue weighted by Crippen LogP contribution is -2.39. The molecular weight excluding hydrogens is 328 g/mol. The second kappa shape index (κ2) is 7.28. The smallest absolute Gasteiger partial charge is 0.291 e. The van der Waals surface area contributed by atoms with E-state index in [-0.39, 0.29) is 17.3 Å². The Bertz CT molecular complexity index is 840. The Labute approximate surface area is 155 Å². The number of hydrogen-bond acceptors (Lipinski definition) is 4. The van der Waals surface area contributed by atoms with Gasteiger partial charge in [-0.15, -0.1) is 0 Å². The molecule has 1 aromatic heterocycles. The van der Waals surface area contributed by atoms with Crippen molar-refractivity contribution in [1.82, 2.24) is 0 Å². The molecule has 1 heterocycles. The molecule has 3 atom stereocenters. The number of allylic oxidation sites excluding steroid dienone is 4. The number of ether oxygens (including phenoxy) is 1. The summed E-state index contributed by atoms with van der Waals surface area (Å²) >= 11 is 0. The van der Waals surface area contributed by atoms with Crippen LogP contribution in [0.25, 0.3) is 0 Å². The van der Waals surface area contributed by atoms with Crippen molar-refractivity contribution >= 4 is 0 Å². The van der Waals surface area contributed by atoms with Gasteiger partial charge in [0.1, 0.15) is 5.76 Å². The van der Waals surface area contributed by atoms with Gasteiger partial charge in [-0.3, -0.25) is 4.79 Å². The Hall–Kier alpha value is -2.07. The fraction of sp³-hybridized carbons (Fsp3) is 0.500. The molecule has 0 unspecified atom stereocenters. The average molecular weight is 358 g/mol. The Morgan fingerprint density at radius 1 is 1.35 bits per heavy atom. The molecule has 0 saturated heterocycles. The summed E-state index contributed by atoms with van der Waals surface area (Å²) in [6, 6.07) is 0. The average Bonchev–Trinajstić information content (AvgIpc) is 2.58. The van der Waals surface area contributed by atoms with Crippen LogP contribution in [0.2, 0.25) is 0 Å². The van der Waals surface area contributed by atoms with Gasteiger partial charge in [-0.1, -0.05) is 36.8 Å². The van der Waals surface area contributed by atoms with E-state index >= 15 is 0 Å². The van der Waals surface area contributed by atoms with Crippen molar-refractivity contribution < 1.29 is 14.3 Å². The van der Waals surface area contributed by atoms with E-state index in [2.05, 4.69) is 18.7 Å². The molecular formula is C22H30O4. The Kier molecular flexibility index (Phi) is 5.67. The second-order valence-electron chi connectivity index (χ2n) is 7.49. The number of aliphatic hydroxyl groups is 1. The Morgan fingerprint density at radius 2 is 1.96 bits per heavy atom. The largest absolute Gasteiger partial charge is 0.468 e. The predicted octanol–water partition coefficient (Wildman–Crippen LogP) is 4.37. The van der Waals surface area contributed by atoms with E-state index in [0.29, 0.717) is 23.3 Å². The van der Waals surface area contributed by atoms with Gasteiger partial charge in [0.15, 0.2) is 5.43 Å². The molecule has 0 radical (unpaired) electrons. The zero-order valence-corrected chi connectivity index (χ0v) is 16.9. The normalized spacial score (nSPS) is 23.9. The fourth-order valence-corrected chi connectivity index (χ4v) is 4.27. The molecule has 0 amide bonds. The van der Waals surface area contributed by atoms with Crippen molar-refractivity contribution in [3.05, 3.63) is 62.6 Å². The summed E-state index contributed by atoms with van der Waals surface area (Å²) in [5, 5.41) is 10.4. The zero-order chi connectivity index (χ0) is 19.8. The van der Waals surface area contributed by atoms with Gasteiger partial charge >= 0.3 is 0 Å². The topological polar surface area (TPSA) is 59.7 Å². The standard InChI is InChI=1S/C22H30O4/c1-9-17(23)14(4)18-13(3)10-12(2)11-22(18,7)20-15(5)19(24)16(6)21(25-8)26-20/h10-11,17-18,23H,4,9H2,1-3,5-8H3/t17-,18-,22-/m0/s1. The summed E-state index contributed by atoms with van der Waals surface area (Å²) in [4.78, 5) is 12.7. The van der Waals surface area contributed by atoms with E-state index in [1.165, 1.54) is 7.11 Å². The van der Waals surface area contributed by atoms with E-state index in [0.717, 1.165) is 16.7 Å². The van der Waals surface area contributed by atoms with Crippen LogP contribution in [0.3, 0.4) is 0 Å². The molecule has 26 heavy (non-hydrogen) atoms. The van der Waals surface area contributed by atoms with Gasteiger partial charge in [0.2, 0.25) is 0 Å². The maximum Gasteiger partial charge on any atom is 0.291 e. The summed E-state index contributed by atoms with van der Waals surface area (Å²) in [5.41, 5.74) is 3.21. The first-order valence-electron chi connectivity index (χ1n) is 9.01. The van der Waals surface area contributed by atoms with Crippen LogP contribution in [0.15, 0.2) is 44.7 Å². The SMILES string of the molecule is C=C([C@@H]1C(C)=CC(C)=C[C@]1(C)c1oc(OC)c(C)c(=O)c1C)[C@@H](O)CC. The van der Waals surface area contributed by atoms with Gasteiger partial charge in [-0.05, 0) is 46.6 Å². The van der Waals surface area contributed by atoms with Crippen molar-refractivity contribution in [2.24, 2.45) is 5.92 Å². The van der Waals surface area contributed by atoms with Crippen LogP contribution in [0.4, 0.5) is 0 Å². The van der Waals surface area contributed by atoms with Crippen LogP contribution in [-0.2, 0) is 5.41 Å². The van der Waals surface area contributed by atoms with Crippen molar-refractivity contribution in [3.63, 3.8) is 0 Å². The number of rotatable bonds is 5. The summed E-state index contributed by atoms with van der Waals surface area (Å²) in [5.74, 6) is 0.622. The van der Waals surface area contributed by atoms with Gasteiger partial charge < -0.3 is 14.3 Å². The third-order valence-electron chi connectivity index (χ3n) is 5.42. The van der Waals surface area contributed by atoms with Crippen molar-refractivity contribution in [3.8, 4) is 5.95 Å². The van der Waals surface area contributed by atoms with Crippen LogP contribution < -0.4 is 10.2 Å². The Morgan fingerprint density at radius 3 is 2.50 bits per heavy atom. The van der Waals surface area contributed by atoms with Crippen LogP contribution in [0.1, 0.15) is 51.0 Å². The summed E-state index contributed by atoms with van der Waals surface area (Å²) < 4.78 is 11.4. The third kappa shape index (κ3) is 3.18. The predicted molar refractivity (Wildman–Crippen MR) is 105 cm³/mol. The van der Waals surface area contributed by atoms with Gasteiger partial charge in [0.25, 0.3) is 5.95 Å². The minimum Gasteiger partial charge on any atom is -0.468 e. The minimum absolute atomic E-state index is 0.0806. The van der Waals surface area contributed by atoms with Gasteiger partial charge in [-0.25, -0.2) is 0 Å². The van der Waals surface area contributed by atoms with E-state index in [1.54, 1.807) is 13.8 Å². The van der Waals surface area contributed by atoms with Gasteiger partial charge in [-0.2, -0.15) is 0 Å². The third-order valence-corrected chi connectivity index (χ3v) is 5.42. The molecule has 4 nitrogen and oxygen atoms in total. The van der Waals surface area contributed by atoms with Gasteiger partial charge in [0.05, 0.1) is 24.2 Å². The molecule has 0 aromatic carbocycles. The molecule has 1 N–H and O–H groups in total. The lowest BCUT2D eigenvalue weighted by Gasteiger charge is -2.41. The van der Waals surface area contributed by atoms with Crippen molar-refractivity contribution in [2.75, 3.05) is 7.11 Å². The maximum absolute atomic E-state index is 12.7. The lowest BCUT2D eigenvalue weighted by molar-refractivity contribution is 0.181. The summed E-state index contributed by atoms with van der Waals surface area (Å²) in [6.07, 6.45) is 4.16. The summed E-state index contributed by atoms with van der Waals surface area (Å²) in [6.45, 7) is 15.7. The van der Waals surface area contributed by atoms with Crippen molar-refractivity contribution in [2.45, 2.75) is 59.5 Å². The zero-order valence-electron chi connectivity index (χ0n) is 16.9. The first-order chi connectivity index (χ1) is 12.1. The second-order valence-corrected chi connectivity index (χ2v) is 7.49. The number of hydrogen-bond donors (Lipinski definition) is 1. The molecule has 2 rings (SSSR count). The highest BCUT2D eigenvalue weighted by molar-refractivity contribution is 5.47. The fourth-order valence-electron chi connectivity index (χ4n) is 4.27. The first kappa shape index (κ1) is 20.2. The molecule has 0 saturated carbocycles. The molecule has 1 aliphatic carbocycles. The molecule has 1 aliphatic rings. The van der Waals surface area contributed by atoms with E-state index < -0.39 is 11.5 Å². The molecule has 0 spiro atoms. The van der Waals surface area contributed by atoms with E-state index in [9.17, 15) is 9.90 Å². The molecule has 142 valence electrons. The van der Waals surface area contributed by atoms with Crippen LogP contribution in [0, 0.1) is 19.8 Å². The van der Waals surface area contributed by atoms with Crippen LogP contribution in [0.5, 0.6) is 5.95 Å². The van der Waals surface area contributed by atoms with Crippen LogP contribution >= 0.6 is 0 Å². The van der Waals surface area contributed by atoms with Crippen LogP contribution in [-0.4, -0.2) is 18.3 Å². The minimum atomic E-state index is -0.639. The quantitative estimate of drug-likeness (QED) is 0.794. The highest BCUT2D eigenvalue weighted by Crippen LogP contribution is 2.47. The highest BCUT2D eigenvalue weighted by atomic mass is 16.6. The molecule has 1 aromatic rings. The summed E-state index contributed by atoms with van der Waals surface area (Å²) in [7, 11) is 1.50. The van der Waals surface area contributed by atoms with E-state index in [1.807, 2.05) is 27.7 Å². The molecule has 0 fully saturated rings. The van der Waals surface area contributed by atoms with Crippen molar-refractivity contribution in [1.29, 1.82) is 0 Å². The maximum atomic E-state index is 12.7. The van der Waals surface area contributed by atoms with Gasteiger partial charge in [0, 0.05) is 11.5 Å². The molecule has 4 heteroatoms. The number of aliphatic hydroxyl groups excluding tert-OH is 1. The number of methoxy groups -OCH3 is 1. The Balaban J connectivity index is 2.78. The first-order valence-corrected chi connectivity index (χ1v) is 9.01. The molecule has 0 aliphatic heterocycles.